The number of aryl methyl sites for hydroxylation is 1. The van der Waals surface area contributed by atoms with Gasteiger partial charge in [0.25, 0.3) is 5.91 Å². The third-order valence-electron chi connectivity index (χ3n) is 7.34. The Kier molecular flexibility index (Phi) is 8.23. The molecular formula is C27H37N5O3. The first kappa shape index (κ1) is 25.0. The van der Waals surface area contributed by atoms with Crippen LogP contribution in [0.3, 0.4) is 0 Å². The molecular weight excluding hydrogens is 442 g/mol. The van der Waals surface area contributed by atoms with Gasteiger partial charge < -0.3 is 20.5 Å². The minimum Gasteiger partial charge on any atom is -0.366 e. The van der Waals surface area contributed by atoms with E-state index in [0.717, 1.165) is 25.0 Å². The Balaban J connectivity index is 1.35. The number of hydrogen-bond acceptors (Lipinski definition) is 4. The van der Waals surface area contributed by atoms with E-state index in [2.05, 4.69) is 22.3 Å². The van der Waals surface area contributed by atoms with E-state index in [1.54, 1.807) is 6.07 Å². The first-order chi connectivity index (χ1) is 16.9. The summed E-state index contributed by atoms with van der Waals surface area (Å²) in [5.74, 6) is -0.554. The number of ketones is 1. The lowest BCUT2D eigenvalue weighted by Gasteiger charge is -2.35. The van der Waals surface area contributed by atoms with Gasteiger partial charge in [-0.25, -0.2) is 4.79 Å². The van der Waals surface area contributed by atoms with Crippen LogP contribution in [-0.4, -0.2) is 70.9 Å². The number of hydrogen-bond donors (Lipinski definition) is 2. The van der Waals surface area contributed by atoms with Crippen LogP contribution in [0.25, 0.3) is 0 Å². The molecule has 2 aliphatic rings. The average molecular weight is 480 g/mol. The van der Waals surface area contributed by atoms with Crippen LogP contribution in [0.2, 0.25) is 0 Å². The SMILES string of the molecule is Cc1c(C(N)=O)cc(C(=O)CN2CCN(C(=O)NC3CCCCC3)CC2)n1CCc1ccccc1. The monoisotopic (exact) mass is 479 g/mol. The predicted molar refractivity (Wildman–Crippen MR) is 136 cm³/mol. The van der Waals surface area contributed by atoms with E-state index < -0.39 is 5.91 Å². The van der Waals surface area contributed by atoms with E-state index in [-0.39, 0.29) is 18.4 Å². The molecule has 1 aliphatic carbocycles. The number of Topliss-reactive ketones (excluding diaryl/α,β-unsaturated/α-hetero) is 1. The van der Waals surface area contributed by atoms with Gasteiger partial charge in [0.2, 0.25) is 0 Å². The molecule has 3 N–H and O–H groups in total. The molecule has 2 fully saturated rings. The lowest BCUT2D eigenvalue weighted by Crippen LogP contribution is -2.54. The summed E-state index contributed by atoms with van der Waals surface area (Å²) in [5, 5.41) is 3.18. The summed E-state index contributed by atoms with van der Waals surface area (Å²) in [5.41, 5.74) is 8.39. The molecule has 0 atom stereocenters. The highest BCUT2D eigenvalue weighted by Gasteiger charge is 2.27. The Bertz CT molecular complexity index is 1030. The number of nitrogens with two attached hydrogens (primary N) is 1. The number of urea groups is 1. The van der Waals surface area contributed by atoms with Gasteiger partial charge in [-0.3, -0.25) is 14.5 Å². The van der Waals surface area contributed by atoms with E-state index in [1.165, 1.54) is 24.8 Å². The molecule has 1 saturated carbocycles. The maximum absolute atomic E-state index is 13.3. The molecule has 0 radical (unpaired) electrons. The van der Waals surface area contributed by atoms with Crippen LogP contribution in [0.15, 0.2) is 36.4 Å². The Hall–Kier alpha value is -3.13. The second-order valence-electron chi connectivity index (χ2n) is 9.75. The topological polar surface area (TPSA) is 101 Å². The first-order valence-electron chi connectivity index (χ1n) is 12.8. The standard InChI is InChI=1S/C27H37N5O3/c1-20-23(26(28)34)18-24(32(20)13-12-21-8-4-2-5-9-21)25(33)19-30-14-16-31(17-15-30)27(35)29-22-10-6-3-7-11-22/h2,4-5,8-9,18,22H,3,6-7,10-17,19H2,1H3,(H2,28,34)(H,29,35). The van der Waals surface area contributed by atoms with Gasteiger partial charge >= 0.3 is 6.03 Å². The summed E-state index contributed by atoms with van der Waals surface area (Å²) in [7, 11) is 0. The number of primary amides is 1. The number of aromatic nitrogens is 1. The van der Waals surface area contributed by atoms with Gasteiger partial charge in [0.1, 0.15) is 0 Å². The minimum atomic E-state index is -0.521. The van der Waals surface area contributed by atoms with E-state index in [4.69, 9.17) is 5.73 Å². The van der Waals surface area contributed by atoms with Gasteiger partial charge in [-0.1, -0.05) is 49.6 Å². The number of nitrogens with one attached hydrogen (secondary N) is 1. The Morgan fingerprint density at radius 2 is 1.69 bits per heavy atom. The number of nitrogens with zero attached hydrogens (tertiary/aromatic N) is 3. The van der Waals surface area contributed by atoms with Crippen molar-refractivity contribution >= 4 is 17.7 Å². The smallest absolute Gasteiger partial charge is 0.317 e. The van der Waals surface area contributed by atoms with Crippen molar-refractivity contribution in [2.75, 3.05) is 32.7 Å². The molecule has 2 aromatic rings. The second-order valence-corrected chi connectivity index (χ2v) is 9.75. The zero-order valence-corrected chi connectivity index (χ0v) is 20.7. The van der Waals surface area contributed by atoms with Crippen LogP contribution < -0.4 is 11.1 Å². The summed E-state index contributed by atoms with van der Waals surface area (Å²) in [6.07, 6.45) is 6.52. The van der Waals surface area contributed by atoms with E-state index in [0.29, 0.717) is 50.0 Å². The fourth-order valence-corrected chi connectivity index (χ4v) is 5.21. The van der Waals surface area contributed by atoms with Crippen molar-refractivity contribution in [3.63, 3.8) is 0 Å². The molecule has 4 rings (SSSR count). The maximum atomic E-state index is 13.3. The van der Waals surface area contributed by atoms with Gasteiger partial charge in [0, 0.05) is 44.5 Å². The van der Waals surface area contributed by atoms with E-state index >= 15 is 0 Å². The number of benzene rings is 1. The number of piperazine rings is 1. The average Bonchev–Trinajstić information content (AvgIpc) is 3.21. The highest BCUT2D eigenvalue weighted by molar-refractivity contribution is 6.01. The highest BCUT2D eigenvalue weighted by atomic mass is 16.2. The highest BCUT2D eigenvalue weighted by Crippen LogP contribution is 2.19. The van der Waals surface area contributed by atoms with Crippen molar-refractivity contribution in [2.45, 2.75) is 58.0 Å². The Labute approximate surface area is 207 Å². The quantitative estimate of drug-likeness (QED) is 0.569. The molecule has 2 heterocycles. The summed E-state index contributed by atoms with van der Waals surface area (Å²) >= 11 is 0. The number of rotatable bonds is 8. The maximum Gasteiger partial charge on any atom is 0.317 e. The van der Waals surface area contributed by atoms with E-state index in [1.807, 2.05) is 34.6 Å². The molecule has 1 aromatic carbocycles. The molecule has 0 spiro atoms. The normalized spacial score (nSPS) is 17.3. The summed E-state index contributed by atoms with van der Waals surface area (Å²) in [4.78, 5) is 41.8. The van der Waals surface area contributed by atoms with Crippen molar-refractivity contribution in [2.24, 2.45) is 5.73 Å². The van der Waals surface area contributed by atoms with Crippen LogP contribution in [0, 0.1) is 6.92 Å². The molecule has 0 unspecified atom stereocenters. The summed E-state index contributed by atoms with van der Waals surface area (Å²) < 4.78 is 1.92. The van der Waals surface area contributed by atoms with Crippen LogP contribution in [-0.2, 0) is 13.0 Å². The predicted octanol–water partition coefficient (Wildman–Crippen LogP) is 2.98. The zero-order valence-electron chi connectivity index (χ0n) is 20.7. The fraction of sp³-hybridized carbons (Fsp3) is 0.519. The van der Waals surface area contributed by atoms with Gasteiger partial charge in [-0.15, -0.1) is 0 Å². The van der Waals surface area contributed by atoms with Crippen LogP contribution in [0.5, 0.6) is 0 Å². The fourth-order valence-electron chi connectivity index (χ4n) is 5.21. The zero-order chi connectivity index (χ0) is 24.8. The number of amides is 3. The minimum absolute atomic E-state index is 0.0133. The third kappa shape index (κ3) is 6.31. The van der Waals surface area contributed by atoms with Gasteiger partial charge in [0.05, 0.1) is 17.8 Å². The molecule has 35 heavy (non-hydrogen) atoms. The second kappa shape index (κ2) is 11.5. The molecule has 188 valence electrons. The lowest BCUT2D eigenvalue weighted by atomic mass is 9.96. The van der Waals surface area contributed by atoms with Crippen LogP contribution in [0.4, 0.5) is 4.79 Å². The molecule has 1 aliphatic heterocycles. The van der Waals surface area contributed by atoms with E-state index in [9.17, 15) is 14.4 Å². The Morgan fingerprint density at radius 3 is 2.34 bits per heavy atom. The van der Waals surface area contributed by atoms with Crippen molar-refractivity contribution in [1.29, 1.82) is 0 Å². The van der Waals surface area contributed by atoms with Crippen molar-refractivity contribution < 1.29 is 14.4 Å². The largest absolute Gasteiger partial charge is 0.366 e. The summed E-state index contributed by atoms with van der Waals surface area (Å²) in [6.45, 7) is 5.20. The number of carbonyl (C=O) groups is 3. The molecule has 1 saturated heterocycles. The molecule has 0 bridgehead atoms. The summed E-state index contributed by atoms with van der Waals surface area (Å²) in [6, 6.07) is 12.0. The molecule has 8 nitrogen and oxygen atoms in total. The van der Waals surface area contributed by atoms with Crippen molar-refractivity contribution in [1.82, 2.24) is 19.7 Å². The van der Waals surface area contributed by atoms with Crippen molar-refractivity contribution in [3.8, 4) is 0 Å². The van der Waals surface area contributed by atoms with Gasteiger partial charge in [-0.05, 0) is 37.8 Å². The first-order valence-corrected chi connectivity index (χ1v) is 12.8. The van der Waals surface area contributed by atoms with Crippen molar-refractivity contribution in [3.05, 3.63) is 58.9 Å². The Morgan fingerprint density at radius 1 is 1.00 bits per heavy atom. The lowest BCUT2D eigenvalue weighted by molar-refractivity contribution is 0.0866. The third-order valence-corrected chi connectivity index (χ3v) is 7.34. The molecule has 8 heteroatoms. The number of carbonyl (C=O) groups excluding carboxylic acids is 3. The van der Waals surface area contributed by atoms with Crippen LogP contribution >= 0.6 is 0 Å². The molecule has 3 amide bonds. The van der Waals surface area contributed by atoms with Gasteiger partial charge in [0.15, 0.2) is 5.78 Å². The van der Waals surface area contributed by atoms with Gasteiger partial charge in [-0.2, -0.15) is 0 Å². The molecule has 1 aromatic heterocycles. The van der Waals surface area contributed by atoms with Crippen LogP contribution in [0.1, 0.15) is 64.2 Å².